The van der Waals surface area contributed by atoms with Gasteiger partial charge >= 0.3 is 0 Å². The molecule has 3 aromatic rings. The van der Waals surface area contributed by atoms with Crippen LogP contribution in [0.25, 0.3) is 10.8 Å². The third-order valence-corrected chi connectivity index (χ3v) is 6.38. The molecule has 2 aliphatic rings. The van der Waals surface area contributed by atoms with Gasteiger partial charge in [0.2, 0.25) is 11.8 Å². The summed E-state index contributed by atoms with van der Waals surface area (Å²) in [6.45, 7) is 2.75. The Morgan fingerprint density at radius 1 is 0.972 bits per heavy atom. The molecule has 1 N–H and O–H groups in total. The van der Waals surface area contributed by atoms with E-state index in [-0.39, 0.29) is 43.4 Å². The Kier molecular flexibility index (Phi) is 6.81. The smallest absolute Gasteiger partial charge is 0.255 e. The van der Waals surface area contributed by atoms with Gasteiger partial charge in [0.15, 0.2) is 0 Å². The third-order valence-electron chi connectivity index (χ3n) is 6.38. The fourth-order valence-electron chi connectivity index (χ4n) is 4.53. The van der Waals surface area contributed by atoms with Crippen molar-refractivity contribution in [2.24, 2.45) is 0 Å². The Balaban J connectivity index is 1.33. The summed E-state index contributed by atoms with van der Waals surface area (Å²) in [5.74, 6) is -0.689. The molecule has 3 amide bonds. The molecule has 0 spiro atoms. The summed E-state index contributed by atoms with van der Waals surface area (Å²) in [6.07, 6.45) is 0.491. The summed E-state index contributed by atoms with van der Waals surface area (Å²) in [4.78, 5) is 39.9. The molecule has 0 saturated carbocycles. The van der Waals surface area contributed by atoms with Crippen LogP contribution < -0.4 is 15.0 Å². The standard InChI is InChI=1S/C27H26FN3O5/c28-19-15-18(16-20(17-19)30-9-12-35-13-10-30)27(34)29-23-5-6-24(22-4-2-1-3-21(22)23)36-14-11-31-25(32)7-8-26(31)33/h1-6,15-17H,7-14H2,(H,29,34). The van der Waals surface area contributed by atoms with Crippen molar-refractivity contribution in [3.05, 3.63) is 66.0 Å². The molecule has 0 aromatic heterocycles. The number of carbonyl (C=O) groups is 3. The van der Waals surface area contributed by atoms with Crippen molar-refractivity contribution in [1.82, 2.24) is 4.90 Å². The summed E-state index contributed by atoms with van der Waals surface area (Å²) in [5.41, 5.74) is 1.43. The summed E-state index contributed by atoms with van der Waals surface area (Å²) >= 11 is 0. The van der Waals surface area contributed by atoms with E-state index in [9.17, 15) is 18.8 Å². The van der Waals surface area contributed by atoms with Gasteiger partial charge < -0.3 is 19.7 Å². The zero-order valence-electron chi connectivity index (χ0n) is 19.7. The molecule has 186 valence electrons. The normalized spacial score (nSPS) is 16.0. The fourth-order valence-corrected chi connectivity index (χ4v) is 4.53. The van der Waals surface area contributed by atoms with Crippen molar-refractivity contribution in [3.8, 4) is 5.75 Å². The van der Waals surface area contributed by atoms with E-state index in [1.54, 1.807) is 18.2 Å². The maximum Gasteiger partial charge on any atom is 0.255 e. The lowest BCUT2D eigenvalue weighted by molar-refractivity contribution is -0.138. The average Bonchev–Trinajstić information content (AvgIpc) is 3.22. The van der Waals surface area contributed by atoms with Crippen LogP contribution in [0.3, 0.4) is 0 Å². The van der Waals surface area contributed by atoms with Gasteiger partial charge in [0.05, 0.1) is 19.8 Å². The van der Waals surface area contributed by atoms with Crippen LogP contribution in [-0.2, 0) is 14.3 Å². The quantitative estimate of drug-likeness (QED) is 0.508. The monoisotopic (exact) mass is 491 g/mol. The first-order valence-corrected chi connectivity index (χ1v) is 11.9. The van der Waals surface area contributed by atoms with Crippen LogP contribution in [0.4, 0.5) is 15.8 Å². The van der Waals surface area contributed by atoms with E-state index in [2.05, 4.69) is 5.32 Å². The maximum atomic E-state index is 14.4. The zero-order chi connectivity index (χ0) is 25.1. The molecule has 3 aromatic carbocycles. The molecule has 0 radical (unpaired) electrons. The van der Waals surface area contributed by atoms with E-state index in [0.29, 0.717) is 43.4 Å². The highest BCUT2D eigenvalue weighted by atomic mass is 19.1. The number of carbonyl (C=O) groups excluding carboxylic acids is 3. The minimum absolute atomic E-state index is 0.167. The number of halogens is 1. The first kappa shape index (κ1) is 23.7. The van der Waals surface area contributed by atoms with Crippen LogP contribution in [0.5, 0.6) is 5.75 Å². The molecule has 2 saturated heterocycles. The van der Waals surface area contributed by atoms with Gasteiger partial charge in [-0.05, 0) is 30.3 Å². The van der Waals surface area contributed by atoms with Crippen molar-refractivity contribution in [1.29, 1.82) is 0 Å². The molecule has 0 atom stereocenters. The number of hydrogen-bond donors (Lipinski definition) is 1. The summed E-state index contributed by atoms with van der Waals surface area (Å²) < 4.78 is 25.6. The Hall–Kier alpha value is -3.98. The van der Waals surface area contributed by atoms with Crippen molar-refractivity contribution in [2.45, 2.75) is 12.8 Å². The zero-order valence-corrected chi connectivity index (χ0v) is 19.7. The number of hydrogen-bond acceptors (Lipinski definition) is 6. The maximum absolute atomic E-state index is 14.4. The summed E-state index contributed by atoms with van der Waals surface area (Å²) in [7, 11) is 0. The number of nitrogens with one attached hydrogen (secondary N) is 1. The number of likely N-dealkylation sites (tertiary alicyclic amines) is 1. The first-order chi connectivity index (χ1) is 17.5. The number of nitrogens with zero attached hydrogens (tertiary/aromatic N) is 2. The Bertz CT molecular complexity index is 1310. The largest absolute Gasteiger partial charge is 0.491 e. The van der Waals surface area contributed by atoms with Gasteiger partial charge in [-0.2, -0.15) is 0 Å². The number of rotatable bonds is 7. The SMILES string of the molecule is O=C(Nc1ccc(OCCN2C(=O)CCC2=O)c2ccccc12)c1cc(F)cc(N2CCOCC2)c1. The number of imide groups is 1. The van der Waals surface area contributed by atoms with E-state index < -0.39 is 11.7 Å². The molecule has 0 unspecified atom stereocenters. The highest BCUT2D eigenvalue weighted by molar-refractivity contribution is 6.10. The molecule has 0 bridgehead atoms. The predicted molar refractivity (Wildman–Crippen MR) is 133 cm³/mol. The van der Waals surface area contributed by atoms with E-state index in [1.807, 2.05) is 29.2 Å². The molecule has 8 nitrogen and oxygen atoms in total. The number of benzene rings is 3. The lowest BCUT2D eigenvalue weighted by atomic mass is 10.1. The molecule has 2 aliphatic heterocycles. The molecule has 36 heavy (non-hydrogen) atoms. The molecular formula is C27H26FN3O5. The number of ether oxygens (including phenoxy) is 2. The van der Waals surface area contributed by atoms with Crippen LogP contribution in [-0.4, -0.2) is 62.1 Å². The van der Waals surface area contributed by atoms with E-state index >= 15 is 0 Å². The van der Waals surface area contributed by atoms with E-state index in [1.165, 1.54) is 17.0 Å². The lowest BCUT2D eigenvalue weighted by Crippen LogP contribution is -2.36. The van der Waals surface area contributed by atoms with E-state index in [0.717, 1.165) is 10.8 Å². The second-order valence-electron chi connectivity index (χ2n) is 8.70. The minimum Gasteiger partial charge on any atom is -0.491 e. The van der Waals surface area contributed by atoms with Crippen LogP contribution in [0.15, 0.2) is 54.6 Å². The highest BCUT2D eigenvalue weighted by Gasteiger charge is 2.28. The minimum atomic E-state index is -0.479. The molecule has 9 heteroatoms. The van der Waals surface area contributed by atoms with Crippen LogP contribution in [0, 0.1) is 5.82 Å². The second-order valence-corrected chi connectivity index (χ2v) is 8.70. The lowest BCUT2D eigenvalue weighted by Gasteiger charge is -2.29. The Morgan fingerprint density at radius 3 is 2.44 bits per heavy atom. The molecule has 5 rings (SSSR count). The summed E-state index contributed by atoms with van der Waals surface area (Å²) in [6, 6.07) is 15.2. The molecular weight excluding hydrogens is 465 g/mol. The van der Waals surface area contributed by atoms with E-state index in [4.69, 9.17) is 9.47 Å². The summed E-state index contributed by atoms with van der Waals surface area (Å²) in [5, 5.41) is 4.41. The van der Waals surface area contributed by atoms with Gasteiger partial charge in [-0.15, -0.1) is 0 Å². The number of amides is 3. The second kappa shape index (κ2) is 10.3. The Labute approximate surface area is 207 Å². The third kappa shape index (κ3) is 5.01. The van der Waals surface area contributed by atoms with Gasteiger partial charge in [0.25, 0.3) is 5.91 Å². The van der Waals surface area contributed by atoms with Crippen molar-refractivity contribution >= 4 is 39.9 Å². The number of morpholine rings is 1. The topological polar surface area (TPSA) is 88.2 Å². The van der Waals surface area contributed by atoms with Gasteiger partial charge in [-0.1, -0.05) is 24.3 Å². The molecule has 0 aliphatic carbocycles. The van der Waals surface area contributed by atoms with Crippen LogP contribution >= 0.6 is 0 Å². The average molecular weight is 492 g/mol. The predicted octanol–water partition coefficient (Wildman–Crippen LogP) is 3.60. The van der Waals surface area contributed by atoms with Gasteiger partial charge in [-0.3, -0.25) is 19.3 Å². The molecule has 2 fully saturated rings. The first-order valence-electron chi connectivity index (χ1n) is 11.9. The highest BCUT2D eigenvalue weighted by Crippen LogP contribution is 2.32. The van der Waals surface area contributed by atoms with Crippen LogP contribution in [0.2, 0.25) is 0 Å². The Morgan fingerprint density at radius 2 is 1.69 bits per heavy atom. The van der Waals surface area contributed by atoms with Crippen molar-refractivity contribution in [2.75, 3.05) is 49.7 Å². The van der Waals surface area contributed by atoms with Crippen molar-refractivity contribution < 1.29 is 28.2 Å². The molecule has 2 heterocycles. The van der Waals surface area contributed by atoms with Gasteiger partial charge in [0.1, 0.15) is 18.2 Å². The number of fused-ring (bicyclic) bond motifs is 1. The number of anilines is 2. The van der Waals surface area contributed by atoms with Crippen molar-refractivity contribution in [3.63, 3.8) is 0 Å². The fraction of sp³-hybridized carbons (Fsp3) is 0.296. The van der Waals surface area contributed by atoms with Gasteiger partial charge in [0, 0.05) is 53.6 Å². The van der Waals surface area contributed by atoms with Gasteiger partial charge in [-0.25, -0.2) is 4.39 Å². The van der Waals surface area contributed by atoms with Crippen LogP contribution in [0.1, 0.15) is 23.2 Å².